The average molecular weight is 309 g/mol. The first-order valence-corrected chi connectivity index (χ1v) is 9.30. The number of rotatable bonds is 5. The molecule has 0 amide bonds. The molecule has 2 fully saturated rings. The lowest BCUT2D eigenvalue weighted by Gasteiger charge is -2.34. The zero-order valence-electron chi connectivity index (χ0n) is 14.8. The Morgan fingerprint density at radius 1 is 1.23 bits per heavy atom. The zero-order valence-corrected chi connectivity index (χ0v) is 14.8. The van der Waals surface area contributed by atoms with Gasteiger partial charge >= 0.3 is 0 Å². The lowest BCUT2D eigenvalue weighted by molar-refractivity contribution is 0.0263. The minimum absolute atomic E-state index is 0.447. The Bertz CT molecular complexity index is 337. The summed E-state index contributed by atoms with van der Waals surface area (Å²) in [5.41, 5.74) is 0. The van der Waals surface area contributed by atoms with Crippen LogP contribution in [0.1, 0.15) is 58.8 Å². The van der Waals surface area contributed by atoms with E-state index in [2.05, 4.69) is 29.1 Å². The summed E-state index contributed by atoms with van der Waals surface area (Å²) >= 11 is 0. The third kappa shape index (κ3) is 5.45. The standard InChI is InChI=1S/C18H35N3O/c1-4-22-17-9-12-21(13-10-17)18(19-3)20-11-8-16-7-5-6-15(2)14-16/h15-17H,4-14H2,1-3H3,(H,19,20). The number of likely N-dealkylation sites (tertiary alicyclic amines) is 1. The molecule has 0 bridgehead atoms. The summed E-state index contributed by atoms with van der Waals surface area (Å²) in [6.07, 6.45) is 9.67. The Morgan fingerprint density at radius 2 is 2.00 bits per heavy atom. The third-order valence-electron chi connectivity index (χ3n) is 5.24. The van der Waals surface area contributed by atoms with Gasteiger partial charge in [0.2, 0.25) is 0 Å². The summed E-state index contributed by atoms with van der Waals surface area (Å²) in [5, 5.41) is 3.58. The van der Waals surface area contributed by atoms with Gasteiger partial charge in [0.15, 0.2) is 5.96 Å². The van der Waals surface area contributed by atoms with Gasteiger partial charge in [-0.3, -0.25) is 4.99 Å². The van der Waals surface area contributed by atoms with Crippen LogP contribution >= 0.6 is 0 Å². The molecular formula is C18H35N3O. The van der Waals surface area contributed by atoms with E-state index in [-0.39, 0.29) is 0 Å². The summed E-state index contributed by atoms with van der Waals surface area (Å²) < 4.78 is 5.73. The van der Waals surface area contributed by atoms with E-state index in [4.69, 9.17) is 4.74 Å². The van der Waals surface area contributed by atoms with Gasteiger partial charge in [-0.25, -0.2) is 0 Å². The molecule has 1 heterocycles. The van der Waals surface area contributed by atoms with E-state index in [1.807, 2.05) is 7.05 Å². The molecule has 1 saturated heterocycles. The fourth-order valence-corrected chi connectivity index (χ4v) is 4.01. The van der Waals surface area contributed by atoms with Gasteiger partial charge in [-0.2, -0.15) is 0 Å². The number of ether oxygens (including phenoxy) is 1. The number of nitrogens with zero attached hydrogens (tertiary/aromatic N) is 2. The van der Waals surface area contributed by atoms with Crippen molar-refractivity contribution in [2.24, 2.45) is 16.8 Å². The van der Waals surface area contributed by atoms with Crippen molar-refractivity contribution in [1.29, 1.82) is 0 Å². The first-order chi connectivity index (χ1) is 10.7. The van der Waals surface area contributed by atoms with Crippen molar-refractivity contribution in [1.82, 2.24) is 10.2 Å². The van der Waals surface area contributed by atoms with Gasteiger partial charge in [-0.15, -0.1) is 0 Å². The zero-order chi connectivity index (χ0) is 15.8. The van der Waals surface area contributed by atoms with Crippen molar-refractivity contribution in [3.05, 3.63) is 0 Å². The number of guanidine groups is 1. The highest BCUT2D eigenvalue weighted by molar-refractivity contribution is 5.79. The van der Waals surface area contributed by atoms with Crippen molar-refractivity contribution in [3.63, 3.8) is 0 Å². The summed E-state index contributed by atoms with van der Waals surface area (Å²) in [7, 11) is 1.90. The summed E-state index contributed by atoms with van der Waals surface area (Å²) in [6.45, 7) is 8.50. The van der Waals surface area contributed by atoms with Crippen LogP contribution in [0.3, 0.4) is 0 Å². The highest BCUT2D eigenvalue weighted by Crippen LogP contribution is 2.30. The predicted octanol–water partition coefficient (Wildman–Crippen LogP) is 3.28. The Labute approximate surface area is 136 Å². The van der Waals surface area contributed by atoms with E-state index in [0.717, 1.165) is 56.9 Å². The largest absolute Gasteiger partial charge is 0.378 e. The van der Waals surface area contributed by atoms with E-state index >= 15 is 0 Å². The molecule has 2 unspecified atom stereocenters. The van der Waals surface area contributed by atoms with Crippen molar-refractivity contribution < 1.29 is 4.74 Å². The topological polar surface area (TPSA) is 36.9 Å². The number of aliphatic imine (C=N–C) groups is 1. The number of nitrogens with one attached hydrogen (secondary N) is 1. The molecule has 1 N–H and O–H groups in total. The van der Waals surface area contributed by atoms with Gasteiger partial charge in [-0.1, -0.05) is 26.2 Å². The molecule has 2 aliphatic rings. The molecule has 4 nitrogen and oxygen atoms in total. The maximum absolute atomic E-state index is 5.73. The van der Waals surface area contributed by atoms with Crippen LogP contribution in [-0.2, 0) is 4.74 Å². The van der Waals surface area contributed by atoms with Crippen LogP contribution in [0.15, 0.2) is 4.99 Å². The Morgan fingerprint density at radius 3 is 2.64 bits per heavy atom. The van der Waals surface area contributed by atoms with Crippen LogP contribution in [0, 0.1) is 11.8 Å². The molecule has 4 heteroatoms. The monoisotopic (exact) mass is 309 g/mol. The van der Waals surface area contributed by atoms with E-state index in [1.165, 1.54) is 32.1 Å². The van der Waals surface area contributed by atoms with Crippen molar-refractivity contribution in [3.8, 4) is 0 Å². The molecule has 0 aromatic carbocycles. The van der Waals surface area contributed by atoms with Crippen LogP contribution < -0.4 is 5.32 Å². The van der Waals surface area contributed by atoms with Crippen molar-refractivity contribution in [2.45, 2.75) is 64.9 Å². The lowest BCUT2D eigenvalue weighted by Crippen LogP contribution is -2.47. The highest BCUT2D eigenvalue weighted by Gasteiger charge is 2.22. The molecule has 1 aliphatic heterocycles. The Hall–Kier alpha value is -0.770. The third-order valence-corrected chi connectivity index (χ3v) is 5.24. The van der Waals surface area contributed by atoms with Crippen LogP contribution in [0.5, 0.6) is 0 Å². The molecule has 0 radical (unpaired) electrons. The first kappa shape index (κ1) is 17.6. The lowest BCUT2D eigenvalue weighted by atomic mass is 9.81. The Kier molecular flexibility index (Phi) is 7.50. The fourth-order valence-electron chi connectivity index (χ4n) is 4.01. The van der Waals surface area contributed by atoms with E-state index in [0.29, 0.717) is 6.10 Å². The second kappa shape index (κ2) is 9.39. The molecule has 2 rings (SSSR count). The first-order valence-electron chi connectivity index (χ1n) is 9.30. The molecule has 0 aromatic rings. The van der Waals surface area contributed by atoms with Gasteiger partial charge in [0.05, 0.1) is 6.10 Å². The normalized spacial score (nSPS) is 28.0. The van der Waals surface area contributed by atoms with Crippen LogP contribution in [0.4, 0.5) is 0 Å². The van der Waals surface area contributed by atoms with E-state index in [1.54, 1.807) is 0 Å². The van der Waals surface area contributed by atoms with Crippen LogP contribution in [0.25, 0.3) is 0 Å². The van der Waals surface area contributed by atoms with E-state index in [9.17, 15) is 0 Å². The molecule has 1 aliphatic carbocycles. The van der Waals surface area contributed by atoms with Gasteiger partial charge in [0.1, 0.15) is 0 Å². The van der Waals surface area contributed by atoms with Gasteiger partial charge in [-0.05, 0) is 44.4 Å². The SMILES string of the molecule is CCOC1CCN(C(=NC)NCCC2CCCC(C)C2)CC1. The van der Waals surface area contributed by atoms with Crippen molar-refractivity contribution >= 4 is 5.96 Å². The molecule has 0 spiro atoms. The summed E-state index contributed by atoms with van der Waals surface area (Å²) in [6, 6.07) is 0. The molecule has 0 aromatic heterocycles. The molecule has 1 saturated carbocycles. The smallest absolute Gasteiger partial charge is 0.193 e. The van der Waals surface area contributed by atoms with E-state index < -0.39 is 0 Å². The van der Waals surface area contributed by atoms with Gasteiger partial charge in [0.25, 0.3) is 0 Å². The average Bonchev–Trinajstić information content (AvgIpc) is 2.53. The molecular weight excluding hydrogens is 274 g/mol. The maximum Gasteiger partial charge on any atom is 0.193 e. The molecule has 22 heavy (non-hydrogen) atoms. The number of hydrogen-bond acceptors (Lipinski definition) is 2. The molecule has 128 valence electrons. The molecule has 2 atom stereocenters. The summed E-state index contributed by atoms with van der Waals surface area (Å²) in [4.78, 5) is 6.86. The number of hydrogen-bond donors (Lipinski definition) is 1. The second-order valence-electron chi connectivity index (χ2n) is 7.04. The van der Waals surface area contributed by atoms with Crippen LogP contribution in [0.2, 0.25) is 0 Å². The van der Waals surface area contributed by atoms with Gasteiger partial charge in [0, 0.05) is 33.3 Å². The summed E-state index contributed by atoms with van der Waals surface area (Å²) in [5.74, 6) is 2.92. The van der Waals surface area contributed by atoms with Crippen LogP contribution in [-0.4, -0.2) is 50.3 Å². The minimum Gasteiger partial charge on any atom is -0.378 e. The Balaban J connectivity index is 1.67. The number of piperidine rings is 1. The van der Waals surface area contributed by atoms with Gasteiger partial charge < -0.3 is 15.0 Å². The second-order valence-corrected chi connectivity index (χ2v) is 7.04. The fraction of sp³-hybridized carbons (Fsp3) is 0.944. The quantitative estimate of drug-likeness (QED) is 0.625. The maximum atomic E-state index is 5.73. The highest BCUT2D eigenvalue weighted by atomic mass is 16.5. The minimum atomic E-state index is 0.447. The predicted molar refractivity (Wildman–Crippen MR) is 93.3 cm³/mol. The van der Waals surface area contributed by atoms with Crippen molar-refractivity contribution in [2.75, 3.05) is 33.3 Å².